The normalized spacial score (nSPS) is 13.0. The van der Waals surface area contributed by atoms with Crippen molar-refractivity contribution in [3.8, 4) is 11.5 Å². The first-order chi connectivity index (χ1) is 13.3. The average molecular weight is 455 g/mol. The van der Waals surface area contributed by atoms with Gasteiger partial charge >= 0.3 is 0 Å². The maximum Gasteiger partial charge on any atom is 0.240 e. The van der Waals surface area contributed by atoms with Gasteiger partial charge in [-0.25, -0.2) is 8.42 Å². The van der Waals surface area contributed by atoms with E-state index in [1.165, 1.54) is 0 Å². The molecule has 0 aromatic heterocycles. The second kappa shape index (κ2) is 9.09. The van der Waals surface area contributed by atoms with Crippen molar-refractivity contribution in [3.05, 3.63) is 81.8 Å². The molecule has 3 aromatic carbocycles. The lowest BCUT2D eigenvalue weighted by molar-refractivity contribution is 0.557. The van der Waals surface area contributed by atoms with Gasteiger partial charge in [0.1, 0.15) is 11.5 Å². The molecule has 0 aliphatic rings. The molecule has 3 aromatic rings. The molecule has 0 aliphatic heterocycles. The second-order valence-corrected chi connectivity index (χ2v) is 8.95. The Morgan fingerprint density at radius 3 is 1.29 bits per heavy atom. The van der Waals surface area contributed by atoms with Gasteiger partial charge in [0.2, 0.25) is 22.2 Å². The summed E-state index contributed by atoms with van der Waals surface area (Å²) in [4.78, 5) is 0.999. The highest BCUT2D eigenvalue weighted by atomic mass is 35.5. The van der Waals surface area contributed by atoms with Crippen LogP contribution >= 0.6 is 23.2 Å². The Bertz CT molecular complexity index is 950. The third-order valence-corrected chi connectivity index (χ3v) is 6.59. The Kier molecular flexibility index (Phi) is 6.78. The fourth-order valence-electron chi connectivity index (χ4n) is 2.37. The molecule has 146 valence electrons. The van der Waals surface area contributed by atoms with E-state index >= 15 is 0 Å². The summed E-state index contributed by atoms with van der Waals surface area (Å²) in [6, 6.07) is 16.6. The Morgan fingerprint density at radius 1 is 0.643 bits per heavy atom. The van der Waals surface area contributed by atoms with Crippen molar-refractivity contribution in [1.29, 1.82) is 0 Å². The number of rotatable bonds is 6. The maximum absolute atomic E-state index is 12.6. The Hall–Kier alpha value is -1.86. The van der Waals surface area contributed by atoms with Gasteiger partial charge in [0.15, 0.2) is 0 Å². The van der Waals surface area contributed by atoms with Gasteiger partial charge in [0, 0.05) is 10.0 Å². The lowest BCUT2D eigenvalue weighted by atomic mass is 10.2. The lowest BCUT2D eigenvalue weighted by Gasteiger charge is -2.12. The summed E-state index contributed by atoms with van der Waals surface area (Å²) >= 11 is 8.25. The van der Waals surface area contributed by atoms with Crippen molar-refractivity contribution in [2.45, 2.75) is 23.6 Å². The fraction of sp³-hybridized carbons (Fsp3) is 0.100. The van der Waals surface area contributed by atoms with E-state index in [2.05, 4.69) is 0 Å². The molecule has 0 spiro atoms. The van der Waals surface area contributed by atoms with E-state index in [1.807, 2.05) is 0 Å². The van der Waals surface area contributed by atoms with Crippen LogP contribution in [0, 0.1) is 13.8 Å². The topological polar surface area (TPSA) is 52.6 Å². The number of hydrogen-bond donors (Lipinski definition) is 0. The molecule has 2 unspecified atom stereocenters. The van der Waals surface area contributed by atoms with Gasteiger partial charge in [-0.2, -0.15) is 0 Å². The minimum atomic E-state index is -1.72. The first-order valence-corrected chi connectivity index (χ1v) is 11.1. The highest BCUT2D eigenvalue weighted by molar-refractivity contribution is 7.81. The molecule has 0 saturated heterocycles. The molecule has 0 fully saturated rings. The summed E-state index contributed by atoms with van der Waals surface area (Å²) in [5, 5.41) is 1.13. The van der Waals surface area contributed by atoms with Crippen LogP contribution in [0.25, 0.3) is 0 Å². The first kappa shape index (κ1) is 20.9. The van der Waals surface area contributed by atoms with Crippen LogP contribution in [0.3, 0.4) is 0 Å². The van der Waals surface area contributed by atoms with E-state index in [0.29, 0.717) is 42.5 Å². The summed E-state index contributed by atoms with van der Waals surface area (Å²) in [6.45, 7) is 3.56. The number of benzene rings is 3. The zero-order chi connectivity index (χ0) is 20.3. The second-order valence-electron chi connectivity index (χ2n) is 5.93. The van der Waals surface area contributed by atoms with Gasteiger partial charge in [0.05, 0.1) is 9.79 Å². The summed E-state index contributed by atoms with van der Waals surface area (Å²) < 4.78 is 36.2. The minimum Gasteiger partial charge on any atom is -0.397 e. The maximum atomic E-state index is 12.6. The van der Waals surface area contributed by atoms with Crippen molar-refractivity contribution in [2.24, 2.45) is 0 Å². The van der Waals surface area contributed by atoms with Gasteiger partial charge in [-0.3, -0.25) is 0 Å². The largest absolute Gasteiger partial charge is 0.397 e. The molecule has 0 radical (unpaired) electrons. The lowest BCUT2D eigenvalue weighted by Crippen LogP contribution is -2.08. The van der Waals surface area contributed by atoms with Crippen LogP contribution in [0.2, 0.25) is 10.0 Å². The number of aryl methyl sites for hydroxylation is 2. The number of hydrogen-bond acceptors (Lipinski definition) is 4. The van der Waals surface area contributed by atoms with Crippen LogP contribution in [0.15, 0.2) is 70.5 Å². The summed E-state index contributed by atoms with van der Waals surface area (Å²) in [5.74, 6) is 0.886. The van der Waals surface area contributed by atoms with Crippen LogP contribution in [0.5, 0.6) is 11.5 Å². The van der Waals surface area contributed by atoms with E-state index in [4.69, 9.17) is 31.6 Å². The summed E-state index contributed by atoms with van der Waals surface area (Å²) in [7, 11) is 0. The van der Waals surface area contributed by atoms with E-state index in [0.717, 1.165) is 0 Å². The third-order valence-electron chi connectivity index (χ3n) is 3.80. The Labute approximate surface area is 178 Å². The molecule has 4 nitrogen and oxygen atoms in total. The van der Waals surface area contributed by atoms with Gasteiger partial charge < -0.3 is 8.37 Å². The molecule has 8 heteroatoms. The van der Waals surface area contributed by atoms with Gasteiger partial charge in [0.25, 0.3) is 0 Å². The quantitative estimate of drug-likeness (QED) is 0.471. The van der Waals surface area contributed by atoms with Gasteiger partial charge in [-0.05, 0) is 85.6 Å². The van der Waals surface area contributed by atoms with Crippen LogP contribution in [0.1, 0.15) is 11.1 Å². The molecule has 0 aliphatic carbocycles. The summed E-state index contributed by atoms with van der Waals surface area (Å²) in [5.41, 5.74) is 1.36. The molecule has 0 heterocycles. The standard InChI is InChI=1S/C20H16Cl2O4S2/c1-13-11-20(28(24)26-18-9-5-16(22)6-10-18)14(2)12-19(13)27(23)25-17-7-3-15(21)4-8-17/h3-12H,1-2H3. The first-order valence-electron chi connectivity index (χ1n) is 8.16. The van der Waals surface area contributed by atoms with E-state index in [-0.39, 0.29) is 0 Å². The van der Waals surface area contributed by atoms with Crippen molar-refractivity contribution in [2.75, 3.05) is 0 Å². The smallest absolute Gasteiger partial charge is 0.240 e. The van der Waals surface area contributed by atoms with Gasteiger partial charge in [-0.15, -0.1) is 0 Å². The molecule has 0 bridgehead atoms. The SMILES string of the molecule is Cc1cc(S(=O)Oc2ccc(Cl)cc2)c(C)cc1S(=O)Oc1ccc(Cl)cc1. The van der Waals surface area contributed by atoms with Crippen molar-refractivity contribution in [3.63, 3.8) is 0 Å². The highest BCUT2D eigenvalue weighted by Crippen LogP contribution is 2.26. The van der Waals surface area contributed by atoms with Crippen LogP contribution < -0.4 is 8.37 Å². The van der Waals surface area contributed by atoms with Gasteiger partial charge in [-0.1, -0.05) is 23.2 Å². The van der Waals surface area contributed by atoms with Crippen LogP contribution in [0.4, 0.5) is 0 Å². The van der Waals surface area contributed by atoms with Crippen molar-refractivity contribution >= 4 is 45.4 Å². The molecule has 0 saturated carbocycles. The van der Waals surface area contributed by atoms with E-state index in [1.54, 1.807) is 74.5 Å². The molecule has 3 rings (SSSR count). The van der Waals surface area contributed by atoms with Crippen molar-refractivity contribution in [1.82, 2.24) is 0 Å². The Balaban J connectivity index is 1.79. The van der Waals surface area contributed by atoms with E-state index < -0.39 is 22.2 Å². The van der Waals surface area contributed by atoms with Crippen LogP contribution in [-0.2, 0) is 22.2 Å². The third kappa shape index (κ3) is 5.14. The predicted molar refractivity (Wildman–Crippen MR) is 113 cm³/mol. The highest BCUT2D eigenvalue weighted by Gasteiger charge is 2.17. The molecular formula is C20H16Cl2O4S2. The zero-order valence-corrected chi connectivity index (χ0v) is 18.1. The summed E-state index contributed by atoms with van der Waals surface area (Å²) in [6.07, 6.45) is 0. The Morgan fingerprint density at radius 2 is 0.964 bits per heavy atom. The predicted octanol–water partition coefficient (Wildman–Crippen LogP) is 5.81. The van der Waals surface area contributed by atoms with Crippen molar-refractivity contribution < 1.29 is 16.8 Å². The minimum absolute atomic E-state index is 0.443. The molecule has 28 heavy (non-hydrogen) atoms. The molecule has 0 amide bonds. The van der Waals surface area contributed by atoms with E-state index in [9.17, 15) is 8.42 Å². The zero-order valence-electron chi connectivity index (χ0n) is 15.0. The molecule has 0 N–H and O–H groups in total. The molecule has 2 atom stereocenters. The molecular weight excluding hydrogens is 439 g/mol. The van der Waals surface area contributed by atoms with Crippen LogP contribution in [-0.4, -0.2) is 8.42 Å². The number of halogens is 2. The monoisotopic (exact) mass is 454 g/mol. The fourth-order valence-corrected chi connectivity index (χ4v) is 4.56. The average Bonchev–Trinajstić information content (AvgIpc) is 2.66.